The van der Waals surface area contributed by atoms with E-state index in [4.69, 9.17) is 15.3 Å². The molecule has 0 aliphatic carbocycles. The first-order valence-electron chi connectivity index (χ1n) is 6.46. The number of carbonyl (C=O) groups is 2. The lowest BCUT2D eigenvalue weighted by Gasteiger charge is -2.05. The molecule has 2 rings (SSSR count). The van der Waals surface area contributed by atoms with E-state index in [-0.39, 0.29) is 17.1 Å². The van der Waals surface area contributed by atoms with Crippen LogP contribution in [0.25, 0.3) is 11.3 Å². The third kappa shape index (κ3) is 3.90. The van der Waals surface area contributed by atoms with Crippen molar-refractivity contribution < 1.29 is 24.2 Å². The van der Waals surface area contributed by atoms with Crippen molar-refractivity contribution in [1.29, 1.82) is 0 Å². The summed E-state index contributed by atoms with van der Waals surface area (Å²) in [5.74, 6) is -0.977. The van der Waals surface area contributed by atoms with Gasteiger partial charge in [-0.2, -0.15) is 11.8 Å². The van der Waals surface area contributed by atoms with Crippen molar-refractivity contribution >= 4 is 23.7 Å². The van der Waals surface area contributed by atoms with Crippen molar-refractivity contribution in [2.24, 2.45) is 5.73 Å². The van der Waals surface area contributed by atoms with Crippen molar-refractivity contribution in [1.82, 2.24) is 0 Å². The Morgan fingerprint density at radius 1 is 1.23 bits per heavy atom. The molecule has 0 aliphatic rings. The molecule has 0 aliphatic heterocycles. The summed E-state index contributed by atoms with van der Waals surface area (Å²) < 4.78 is 5.61. The molecule has 0 spiro atoms. The fourth-order valence-electron chi connectivity index (χ4n) is 1.81. The minimum absolute atomic E-state index is 0.0789. The summed E-state index contributed by atoms with van der Waals surface area (Å²) in [7, 11) is 0. The molecule has 0 amide bonds. The van der Waals surface area contributed by atoms with Crippen molar-refractivity contribution in [3.63, 3.8) is 0 Å². The standard InChI is InChI=1S/C15H15NO5S/c16-11(15(19)20)7-22-8-13-10(14(17)18)6-12(21-13)9-4-2-1-3-5-9/h1-6,11H,7-8,16H2,(H,17,18)(H,19,20)/t11-/m0/s1. The number of thioether (sulfide) groups is 1. The molecule has 22 heavy (non-hydrogen) atoms. The molecule has 6 nitrogen and oxygen atoms in total. The van der Waals surface area contributed by atoms with Crippen LogP contribution in [0.15, 0.2) is 40.8 Å². The normalized spacial score (nSPS) is 12.0. The van der Waals surface area contributed by atoms with Crippen LogP contribution in [-0.4, -0.2) is 33.9 Å². The van der Waals surface area contributed by atoms with E-state index in [2.05, 4.69) is 0 Å². The van der Waals surface area contributed by atoms with Crippen LogP contribution in [0.2, 0.25) is 0 Å². The molecule has 116 valence electrons. The molecule has 1 aromatic heterocycles. The van der Waals surface area contributed by atoms with Crippen LogP contribution in [0.5, 0.6) is 0 Å². The topological polar surface area (TPSA) is 114 Å². The van der Waals surface area contributed by atoms with Crippen molar-refractivity contribution in [3.8, 4) is 11.3 Å². The Balaban J connectivity index is 2.15. The Morgan fingerprint density at radius 3 is 2.50 bits per heavy atom. The van der Waals surface area contributed by atoms with Gasteiger partial charge in [-0.15, -0.1) is 0 Å². The Hall–Kier alpha value is -2.25. The second-order valence-electron chi connectivity index (χ2n) is 4.58. The molecule has 4 N–H and O–H groups in total. The number of hydrogen-bond acceptors (Lipinski definition) is 5. The average Bonchev–Trinajstić information content (AvgIpc) is 2.92. The molecule has 0 radical (unpaired) electrons. The average molecular weight is 321 g/mol. The molecule has 7 heteroatoms. The van der Waals surface area contributed by atoms with Gasteiger partial charge >= 0.3 is 11.9 Å². The summed E-state index contributed by atoms with van der Waals surface area (Å²) in [6.07, 6.45) is 0. The van der Waals surface area contributed by atoms with Crippen LogP contribution in [0.1, 0.15) is 16.1 Å². The second kappa shape index (κ2) is 7.15. The van der Waals surface area contributed by atoms with E-state index in [1.54, 1.807) is 0 Å². The Morgan fingerprint density at radius 2 is 1.91 bits per heavy atom. The smallest absolute Gasteiger partial charge is 0.339 e. The van der Waals surface area contributed by atoms with Gasteiger partial charge in [-0.3, -0.25) is 4.79 Å². The molecular weight excluding hydrogens is 306 g/mol. The quantitative estimate of drug-likeness (QED) is 0.717. The Labute approximate surface area is 130 Å². The maximum absolute atomic E-state index is 11.3. The highest BCUT2D eigenvalue weighted by molar-refractivity contribution is 7.98. The number of furan rings is 1. The van der Waals surface area contributed by atoms with E-state index in [9.17, 15) is 14.7 Å². The van der Waals surface area contributed by atoms with E-state index in [1.165, 1.54) is 17.8 Å². The number of carboxylic acids is 2. The zero-order valence-corrected chi connectivity index (χ0v) is 12.4. The third-order valence-electron chi connectivity index (χ3n) is 2.95. The largest absolute Gasteiger partial charge is 0.480 e. The number of benzene rings is 1. The van der Waals surface area contributed by atoms with E-state index in [0.717, 1.165) is 5.56 Å². The van der Waals surface area contributed by atoms with Gasteiger partial charge < -0.3 is 20.4 Å². The fraction of sp³-hybridized carbons (Fsp3) is 0.200. The van der Waals surface area contributed by atoms with Gasteiger partial charge in [0.05, 0.1) is 5.75 Å². The zero-order valence-electron chi connectivity index (χ0n) is 11.6. The van der Waals surface area contributed by atoms with Crippen LogP contribution in [0.3, 0.4) is 0 Å². The highest BCUT2D eigenvalue weighted by Gasteiger charge is 2.19. The fourth-order valence-corrected chi connectivity index (χ4v) is 2.73. The molecule has 2 aromatic rings. The van der Waals surface area contributed by atoms with Gasteiger partial charge in [0.2, 0.25) is 0 Å². The van der Waals surface area contributed by atoms with E-state index < -0.39 is 18.0 Å². The first-order chi connectivity index (χ1) is 10.5. The summed E-state index contributed by atoms with van der Waals surface area (Å²) in [6.45, 7) is 0. The lowest BCUT2D eigenvalue weighted by Crippen LogP contribution is -2.32. The number of aromatic carboxylic acids is 1. The molecule has 1 aromatic carbocycles. The van der Waals surface area contributed by atoms with Gasteiger partial charge in [0, 0.05) is 11.3 Å². The van der Waals surface area contributed by atoms with Crippen molar-refractivity contribution in [2.45, 2.75) is 11.8 Å². The Bertz CT molecular complexity index is 668. The molecule has 1 heterocycles. The highest BCUT2D eigenvalue weighted by atomic mass is 32.2. The molecule has 0 unspecified atom stereocenters. The minimum Gasteiger partial charge on any atom is -0.480 e. The zero-order chi connectivity index (χ0) is 16.1. The predicted molar refractivity (Wildman–Crippen MR) is 82.9 cm³/mol. The molecular formula is C15H15NO5S. The van der Waals surface area contributed by atoms with Crippen molar-refractivity contribution in [3.05, 3.63) is 47.7 Å². The number of aliphatic carboxylic acids is 1. The molecule has 0 bridgehead atoms. The summed E-state index contributed by atoms with van der Waals surface area (Å²) in [5, 5.41) is 18.0. The van der Waals surface area contributed by atoms with Crippen LogP contribution in [0.4, 0.5) is 0 Å². The lowest BCUT2D eigenvalue weighted by molar-refractivity contribution is -0.137. The van der Waals surface area contributed by atoms with E-state index in [1.807, 2.05) is 30.3 Å². The number of rotatable bonds is 7. The first-order valence-corrected chi connectivity index (χ1v) is 7.62. The predicted octanol–water partition coefficient (Wildman–Crippen LogP) is 2.29. The Kier molecular flexibility index (Phi) is 5.24. The van der Waals surface area contributed by atoms with E-state index >= 15 is 0 Å². The molecule has 0 fully saturated rings. The summed E-state index contributed by atoms with van der Waals surface area (Å²) in [4.78, 5) is 21.9. The van der Waals surface area contributed by atoms with Gasteiger partial charge in [-0.05, 0) is 6.07 Å². The van der Waals surface area contributed by atoms with Gasteiger partial charge in [-0.25, -0.2) is 4.79 Å². The highest BCUT2D eigenvalue weighted by Crippen LogP contribution is 2.28. The lowest BCUT2D eigenvalue weighted by atomic mass is 10.1. The van der Waals surface area contributed by atoms with Crippen LogP contribution in [-0.2, 0) is 10.5 Å². The van der Waals surface area contributed by atoms with Gasteiger partial charge in [0.1, 0.15) is 23.1 Å². The number of nitrogens with two attached hydrogens (primary N) is 1. The number of hydrogen-bond donors (Lipinski definition) is 3. The maximum atomic E-state index is 11.3. The van der Waals surface area contributed by atoms with Crippen LogP contribution >= 0.6 is 11.8 Å². The molecule has 1 atom stereocenters. The number of carboxylic acid groups (broad SMARTS) is 2. The first kappa shape index (κ1) is 16.1. The van der Waals surface area contributed by atoms with Crippen LogP contribution in [0, 0.1) is 0 Å². The summed E-state index contributed by atoms with van der Waals surface area (Å²) in [6, 6.07) is 9.65. The molecule has 0 saturated heterocycles. The van der Waals surface area contributed by atoms with Crippen LogP contribution < -0.4 is 5.73 Å². The molecule has 0 saturated carbocycles. The SMILES string of the molecule is N[C@@H](CSCc1oc(-c2ccccc2)cc1C(=O)O)C(=O)O. The summed E-state index contributed by atoms with van der Waals surface area (Å²) in [5.41, 5.74) is 6.27. The minimum atomic E-state index is -1.09. The van der Waals surface area contributed by atoms with E-state index in [0.29, 0.717) is 11.5 Å². The third-order valence-corrected chi connectivity index (χ3v) is 4.01. The monoisotopic (exact) mass is 321 g/mol. The van der Waals surface area contributed by atoms with Gasteiger partial charge in [0.15, 0.2) is 0 Å². The second-order valence-corrected chi connectivity index (χ2v) is 5.61. The van der Waals surface area contributed by atoms with Gasteiger partial charge in [-0.1, -0.05) is 30.3 Å². The summed E-state index contributed by atoms with van der Waals surface area (Å²) >= 11 is 1.22. The van der Waals surface area contributed by atoms with Gasteiger partial charge in [0.25, 0.3) is 0 Å². The maximum Gasteiger partial charge on any atom is 0.339 e. The van der Waals surface area contributed by atoms with Crippen molar-refractivity contribution in [2.75, 3.05) is 5.75 Å².